The number of nitrogens with zero attached hydrogens (tertiary/aromatic N) is 2. The van der Waals surface area contributed by atoms with Crippen molar-refractivity contribution in [1.82, 2.24) is 0 Å². The van der Waals surface area contributed by atoms with E-state index in [0.29, 0.717) is 16.9 Å². The molecule has 5 heteroatoms. The summed E-state index contributed by atoms with van der Waals surface area (Å²) in [6.07, 6.45) is 0. The highest BCUT2D eigenvalue weighted by molar-refractivity contribution is 5.76. The molecule has 0 atom stereocenters. The van der Waals surface area contributed by atoms with E-state index in [-0.39, 0.29) is 5.75 Å². The minimum atomic E-state index is -0.498. The fraction of sp³-hybridized carbons (Fsp3) is 0.133. The van der Waals surface area contributed by atoms with Crippen LogP contribution >= 0.6 is 0 Å². The molecule has 0 saturated heterocycles. The molecular formula is C15H14FN3O. The average molecular weight is 271 g/mol. The van der Waals surface area contributed by atoms with Gasteiger partial charge in [-0.1, -0.05) is 0 Å². The first-order chi connectivity index (χ1) is 9.56. The van der Waals surface area contributed by atoms with Crippen molar-refractivity contribution < 1.29 is 9.13 Å². The van der Waals surface area contributed by atoms with Crippen LogP contribution in [0.2, 0.25) is 0 Å². The lowest BCUT2D eigenvalue weighted by molar-refractivity contribution is 0.387. The van der Waals surface area contributed by atoms with Crippen LogP contribution in [0.25, 0.3) is 0 Å². The Kier molecular flexibility index (Phi) is 3.76. The molecule has 0 spiro atoms. The van der Waals surface area contributed by atoms with E-state index in [1.165, 1.54) is 13.2 Å². The third-order valence-electron chi connectivity index (χ3n) is 3.05. The normalized spacial score (nSPS) is 9.90. The van der Waals surface area contributed by atoms with Crippen molar-refractivity contribution in [3.63, 3.8) is 0 Å². The molecule has 102 valence electrons. The molecule has 0 aromatic heterocycles. The molecule has 0 amide bonds. The zero-order valence-corrected chi connectivity index (χ0v) is 11.2. The van der Waals surface area contributed by atoms with Gasteiger partial charge in [0.05, 0.1) is 30.1 Å². The number of nitrogens with two attached hydrogens (primary N) is 1. The van der Waals surface area contributed by atoms with Crippen LogP contribution in [0, 0.1) is 17.1 Å². The van der Waals surface area contributed by atoms with E-state index >= 15 is 0 Å². The maximum absolute atomic E-state index is 13.5. The molecule has 0 aliphatic heterocycles. The van der Waals surface area contributed by atoms with Gasteiger partial charge < -0.3 is 15.4 Å². The maximum Gasteiger partial charge on any atom is 0.167 e. The molecule has 2 rings (SSSR count). The fourth-order valence-electron chi connectivity index (χ4n) is 1.90. The van der Waals surface area contributed by atoms with Gasteiger partial charge in [0.1, 0.15) is 0 Å². The molecule has 0 bridgehead atoms. The number of nitrogen functional groups attached to an aromatic ring is 1. The summed E-state index contributed by atoms with van der Waals surface area (Å²) < 4.78 is 18.5. The number of rotatable bonds is 3. The lowest BCUT2D eigenvalue weighted by atomic mass is 10.2. The van der Waals surface area contributed by atoms with Crippen LogP contribution in [0.5, 0.6) is 5.75 Å². The predicted molar refractivity (Wildman–Crippen MR) is 76.6 cm³/mol. The summed E-state index contributed by atoms with van der Waals surface area (Å²) in [4.78, 5) is 1.80. The minimum Gasteiger partial charge on any atom is -0.494 e. The molecular weight excluding hydrogens is 257 g/mol. The molecule has 0 aliphatic carbocycles. The van der Waals surface area contributed by atoms with Crippen LogP contribution in [0.4, 0.5) is 21.5 Å². The zero-order chi connectivity index (χ0) is 14.7. The van der Waals surface area contributed by atoms with Crippen LogP contribution in [-0.4, -0.2) is 14.2 Å². The highest BCUT2D eigenvalue weighted by atomic mass is 19.1. The second-order valence-corrected chi connectivity index (χ2v) is 4.26. The summed E-state index contributed by atoms with van der Waals surface area (Å²) in [6, 6.07) is 11.9. The van der Waals surface area contributed by atoms with Crippen molar-refractivity contribution in [3.8, 4) is 11.8 Å². The summed E-state index contributed by atoms with van der Waals surface area (Å²) >= 11 is 0. The molecule has 0 saturated carbocycles. The number of methoxy groups -OCH3 is 1. The van der Waals surface area contributed by atoms with Crippen LogP contribution in [-0.2, 0) is 0 Å². The molecule has 20 heavy (non-hydrogen) atoms. The van der Waals surface area contributed by atoms with Crippen molar-refractivity contribution in [2.75, 3.05) is 24.8 Å². The summed E-state index contributed by atoms with van der Waals surface area (Å²) in [6.45, 7) is 0. The molecule has 2 aromatic rings. The lowest BCUT2D eigenvalue weighted by Crippen LogP contribution is -2.12. The van der Waals surface area contributed by atoms with Gasteiger partial charge in [0.25, 0.3) is 0 Å². The molecule has 0 radical (unpaired) electrons. The molecule has 0 heterocycles. The second-order valence-electron chi connectivity index (χ2n) is 4.26. The Morgan fingerprint density at radius 2 is 1.90 bits per heavy atom. The molecule has 0 aliphatic rings. The van der Waals surface area contributed by atoms with Gasteiger partial charge in [0.2, 0.25) is 0 Å². The van der Waals surface area contributed by atoms with Crippen molar-refractivity contribution in [2.45, 2.75) is 0 Å². The largest absolute Gasteiger partial charge is 0.494 e. The number of nitriles is 1. The van der Waals surface area contributed by atoms with Gasteiger partial charge >= 0.3 is 0 Å². The summed E-state index contributed by atoms with van der Waals surface area (Å²) in [5, 5.41) is 8.79. The SMILES string of the molecule is COc1cc(N(C)c2ccc(C#N)cc2)c(N)cc1F. The van der Waals surface area contributed by atoms with Crippen LogP contribution in [0.1, 0.15) is 5.56 Å². The molecule has 2 N–H and O–H groups in total. The fourth-order valence-corrected chi connectivity index (χ4v) is 1.90. The Morgan fingerprint density at radius 3 is 2.45 bits per heavy atom. The van der Waals surface area contributed by atoms with Crippen molar-refractivity contribution >= 4 is 17.1 Å². The number of hydrogen-bond donors (Lipinski definition) is 1. The number of halogens is 1. The molecule has 0 unspecified atom stereocenters. The van der Waals surface area contributed by atoms with Crippen molar-refractivity contribution in [2.24, 2.45) is 0 Å². The summed E-state index contributed by atoms with van der Waals surface area (Å²) in [5.74, 6) is -0.364. The van der Waals surface area contributed by atoms with Gasteiger partial charge in [0.15, 0.2) is 11.6 Å². The number of benzene rings is 2. The first kappa shape index (κ1) is 13.7. The number of ether oxygens (including phenoxy) is 1. The second kappa shape index (κ2) is 5.49. The maximum atomic E-state index is 13.5. The van der Waals surface area contributed by atoms with Gasteiger partial charge in [-0.15, -0.1) is 0 Å². The van der Waals surface area contributed by atoms with Crippen molar-refractivity contribution in [3.05, 3.63) is 47.8 Å². The summed E-state index contributed by atoms with van der Waals surface area (Å²) in [5.41, 5.74) is 8.21. The van der Waals surface area contributed by atoms with Gasteiger partial charge in [-0.2, -0.15) is 5.26 Å². The van der Waals surface area contributed by atoms with E-state index < -0.39 is 5.82 Å². The van der Waals surface area contributed by atoms with Gasteiger partial charge in [0, 0.05) is 24.9 Å². The summed E-state index contributed by atoms with van der Waals surface area (Å²) in [7, 11) is 3.21. The first-order valence-corrected chi connectivity index (χ1v) is 5.93. The van der Waals surface area contributed by atoms with Gasteiger partial charge in [-0.25, -0.2) is 4.39 Å². The number of anilines is 3. The topological polar surface area (TPSA) is 62.3 Å². The monoisotopic (exact) mass is 271 g/mol. The van der Waals surface area contributed by atoms with Crippen molar-refractivity contribution in [1.29, 1.82) is 5.26 Å². The smallest absolute Gasteiger partial charge is 0.167 e. The first-order valence-electron chi connectivity index (χ1n) is 5.93. The molecule has 0 fully saturated rings. The Bertz CT molecular complexity index is 662. The van der Waals surface area contributed by atoms with Crippen LogP contribution < -0.4 is 15.4 Å². The van der Waals surface area contributed by atoms with Crippen LogP contribution in [0.15, 0.2) is 36.4 Å². The highest BCUT2D eigenvalue weighted by Crippen LogP contribution is 2.34. The Balaban J connectivity index is 2.42. The zero-order valence-electron chi connectivity index (χ0n) is 11.2. The Morgan fingerprint density at radius 1 is 1.25 bits per heavy atom. The van der Waals surface area contributed by atoms with Crippen LogP contribution in [0.3, 0.4) is 0 Å². The Labute approximate surface area is 116 Å². The lowest BCUT2D eigenvalue weighted by Gasteiger charge is -2.22. The average Bonchev–Trinajstić information content (AvgIpc) is 2.47. The van der Waals surface area contributed by atoms with E-state index in [2.05, 4.69) is 6.07 Å². The van der Waals surface area contributed by atoms with E-state index in [1.807, 2.05) is 7.05 Å². The highest BCUT2D eigenvalue weighted by Gasteiger charge is 2.13. The predicted octanol–water partition coefficient (Wildman–Crippen LogP) is 3.06. The molecule has 2 aromatic carbocycles. The Hall–Kier alpha value is -2.74. The van der Waals surface area contributed by atoms with Gasteiger partial charge in [-0.3, -0.25) is 0 Å². The quantitative estimate of drug-likeness (QED) is 0.871. The van der Waals surface area contributed by atoms with E-state index in [1.54, 1.807) is 35.2 Å². The molecule has 4 nitrogen and oxygen atoms in total. The number of hydrogen-bond acceptors (Lipinski definition) is 4. The van der Waals surface area contributed by atoms with E-state index in [9.17, 15) is 4.39 Å². The van der Waals surface area contributed by atoms with E-state index in [4.69, 9.17) is 15.7 Å². The van der Waals surface area contributed by atoms with E-state index in [0.717, 1.165) is 5.69 Å². The third-order valence-corrected chi connectivity index (χ3v) is 3.05. The third kappa shape index (κ3) is 2.50. The van der Waals surface area contributed by atoms with Gasteiger partial charge in [-0.05, 0) is 24.3 Å². The minimum absolute atomic E-state index is 0.134. The standard InChI is InChI=1S/C15H14FN3O/c1-19(11-5-3-10(9-17)4-6-11)14-8-15(20-2)12(16)7-13(14)18/h3-8H,18H2,1-2H3.